The minimum Gasteiger partial charge on any atom is -0.328 e. The number of hydrogen-bond acceptors (Lipinski definition) is 3. The fourth-order valence-corrected chi connectivity index (χ4v) is 1.72. The first kappa shape index (κ1) is 15.5. The monoisotopic (exact) mass is 299 g/mol. The Hall–Kier alpha value is -2.89. The quantitative estimate of drug-likeness (QED) is 0.808. The van der Waals surface area contributed by atoms with E-state index in [-0.39, 0.29) is 17.4 Å². The van der Waals surface area contributed by atoms with Gasteiger partial charge in [-0.05, 0) is 36.4 Å². The number of pyridine rings is 1. The van der Waals surface area contributed by atoms with Crippen LogP contribution in [0.25, 0.3) is 0 Å². The Morgan fingerprint density at radius 2 is 1.59 bits per heavy atom. The van der Waals surface area contributed by atoms with Crippen molar-refractivity contribution in [2.24, 2.45) is 5.92 Å². The van der Waals surface area contributed by atoms with E-state index >= 15 is 0 Å². The lowest BCUT2D eigenvalue weighted by atomic mass is 10.2. The highest BCUT2D eigenvalue weighted by Crippen LogP contribution is 2.15. The second-order valence-corrected chi connectivity index (χ2v) is 5.09. The smallest absolute Gasteiger partial charge is 0.261 e. The number of nitrogens with one attached hydrogen (secondary N) is 3. The van der Waals surface area contributed by atoms with Gasteiger partial charge < -0.3 is 15.6 Å². The fourth-order valence-electron chi connectivity index (χ4n) is 1.72. The third-order valence-corrected chi connectivity index (χ3v) is 3.00. The van der Waals surface area contributed by atoms with Crippen LogP contribution in [-0.2, 0) is 4.79 Å². The van der Waals surface area contributed by atoms with Gasteiger partial charge in [-0.15, -0.1) is 0 Å². The lowest BCUT2D eigenvalue weighted by molar-refractivity contribution is -0.118. The summed E-state index contributed by atoms with van der Waals surface area (Å²) >= 11 is 0. The van der Waals surface area contributed by atoms with Gasteiger partial charge in [-0.3, -0.25) is 14.4 Å². The van der Waals surface area contributed by atoms with Crippen LogP contribution in [0.15, 0.2) is 47.4 Å². The molecule has 2 rings (SSSR count). The van der Waals surface area contributed by atoms with E-state index in [9.17, 15) is 14.4 Å². The molecule has 0 aliphatic heterocycles. The van der Waals surface area contributed by atoms with Crippen molar-refractivity contribution in [3.8, 4) is 0 Å². The van der Waals surface area contributed by atoms with Gasteiger partial charge >= 0.3 is 0 Å². The predicted octanol–water partition coefficient (Wildman–Crippen LogP) is 2.22. The maximum absolute atomic E-state index is 12.0. The van der Waals surface area contributed by atoms with Gasteiger partial charge in [-0.1, -0.05) is 13.8 Å². The fraction of sp³-hybridized carbons (Fsp3) is 0.188. The third kappa shape index (κ3) is 3.82. The Labute approximate surface area is 127 Å². The summed E-state index contributed by atoms with van der Waals surface area (Å²) in [5.41, 5.74) is 0.783. The number of rotatable bonds is 4. The van der Waals surface area contributed by atoms with E-state index in [1.807, 2.05) is 0 Å². The molecule has 114 valence electrons. The first-order chi connectivity index (χ1) is 10.5. The first-order valence-electron chi connectivity index (χ1n) is 6.87. The lowest BCUT2D eigenvalue weighted by Gasteiger charge is -2.09. The molecule has 0 saturated heterocycles. The van der Waals surface area contributed by atoms with Crippen molar-refractivity contribution < 1.29 is 9.59 Å². The van der Waals surface area contributed by atoms with Crippen molar-refractivity contribution in [1.29, 1.82) is 0 Å². The SMILES string of the molecule is CC(C)C(=O)Nc1ccc(NC(=O)c2ccc[nH]c2=O)cc1. The molecule has 6 nitrogen and oxygen atoms in total. The van der Waals surface area contributed by atoms with Crippen LogP contribution in [0, 0.1) is 5.92 Å². The third-order valence-electron chi connectivity index (χ3n) is 3.00. The highest BCUT2D eigenvalue weighted by atomic mass is 16.2. The number of benzene rings is 1. The highest BCUT2D eigenvalue weighted by Gasteiger charge is 2.10. The van der Waals surface area contributed by atoms with E-state index < -0.39 is 11.5 Å². The average Bonchev–Trinajstić information content (AvgIpc) is 2.49. The number of carbonyl (C=O) groups is 2. The number of anilines is 2. The summed E-state index contributed by atoms with van der Waals surface area (Å²) in [6.45, 7) is 3.61. The molecule has 2 amide bonds. The Balaban J connectivity index is 2.05. The molecule has 6 heteroatoms. The summed E-state index contributed by atoms with van der Waals surface area (Å²) in [5, 5.41) is 5.39. The molecule has 0 radical (unpaired) electrons. The zero-order valence-electron chi connectivity index (χ0n) is 12.3. The van der Waals surface area contributed by atoms with E-state index in [4.69, 9.17) is 0 Å². The topological polar surface area (TPSA) is 91.1 Å². The van der Waals surface area contributed by atoms with Crippen molar-refractivity contribution in [2.45, 2.75) is 13.8 Å². The molecular weight excluding hydrogens is 282 g/mol. The summed E-state index contributed by atoms with van der Waals surface area (Å²) < 4.78 is 0. The molecule has 22 heavy (non-hydrogen) atoms. The van der Waals surface area contributed by atoms with Crippen molar-refractivity contribution in [1.82, 2.24) is 4.98 Å². The summed E-state index contributed by atoms with van der Waals surface area (Å²) in [7, 11) is 0. The van der Waals surface area contributed by atoms with E-state index in [1.165, 1.54) is 12.3 Å². The number of H-pyrrole nitrogens is 1. The van der Waals surface area contributed by atoms with Crippen LogP contribution in [0.2, 0.25) is 0 Å². The molecule has 1 aromatic heterocycles. The van der Waals surface area contributed by atoms with Crippen LogP contribution in [-0.4, -0.2) is 16.8 Å². The van der Waals surface area contributed by atoms with E-state index in [1.54, 1.807) is 44.2 Å². The Morgan fingerprint density at radius 3 is 2.14 bits per heavy atom. The minimum atomic E-state index is -0.485. The Morgan fingerprint density at radius 1 is 1.00 bits per heavy atom. The van der Waals surface area contributed by atoms with Crippen molar-refractivity contribution in [2.75, 3.05) is 10.6 Å². The van der Waals surface area contributed by atoms with Crippen molar-refractivity contribution in [3.63, 3.8) is 0 Å². The van der Waals surface area contributed by atoms with Crippen molar-refractivity contribution >= 4 is 23.2 Å². The molecule has 2 aromatic rings. The van der Waals surface area contributed by atoms with Gasteiger partial charge in [0.25, 0.3) is 11.5 Å². The normalized spacial score (nSPS) is 10.3. The van der Waals surface area contributed by atoms with Gasteiger partial charge in [0, 0.05) is 23.5 Å². The van der Waals surface area contributed by atoms with Gasteiger partial charge in [-0.2, -0.15) is 0 Å². The predicted molar refractivity (Wildman–Crippen MR) is 84.9 cm³/mol. The maximum Gasteiger partial charge on any atom is 0.261 e. The second kappa shape index (κ2) is 6.71. The molecule has 0 bridgehead atoms. The molecule has 1 aromatic carbocycles. The molecule has 0 spiro atoms. The van der Waals surface area contributed by atoms with Crippen LogP contribution in [0.4, 0.5) is 11.4 Å². The first-order valence-corrected chi connectivity index (χ1v) is 6.87. The zero-order chi connectivity index (χ0) is 16.1. The molecule has 0 unspecified atom stereocenters. The van der Waals surface area contributed by atoms with E-state index in [0.717, 1.165) is 0 Å². The zero-order valence-corrected chi connectivity index (χ0v) is 12.3. The van der Waals surface area contributed by atoms with Crippen LogP contribution >= 0.6 is 0 Å². The van der Waals surface area contributed by atoms with Crippen LogP contribution in [0.5, 0.6) is 0 Å². The van der Waals surface area contributed by atoms with Gasteiger partial charge in [-0.25, -0.2) is 0 Å². The van der Waals surface area contributed by atoms with Crippen molar-refractivity contribution in [3.05, 3.63) is 58.5 Å². The number of aromatic amines is 1. The standard InChI is InChI=1S/C16H17N3O3/c1-10(2)14(20)18-11-5-7-12(8-6-11)19-16(22)13-4-3-9-17-15(13)21/h3-10H,1-2H3,(H,17,21)(H,18,20)(H,19,22). The lowest BCUT2D eigenvalue weighted by Crippen LogP contribution is -2.22. The van der Waals surface area contributed by atoms with Crippen LogP contribution in [0.3, 0.4) is 0 Å². The molecule has 0 aliphatic carbocycles. The number of amides is 2. The highest BCUT2D eigenvalue weighted by molar-refractivity contribution is 6.04. The van der Waals surface area contributed by atoms with E-state index in [2.05, 4.69) is 15.6 Å². The van der Waals surface area contributed by atoms with Crippen LogP contribution < -0.4 is 16.2 Å². The summed E-state index contributed by atoms with van der Waals surface area (Å²) in [4.78, 5) is 37.5. The van der Waals surface area contributed by atoms with Crippen LogP contribution in [0.1, 0.15) is 24.2 Å². The molecular formula is C16H17N3O3. The molecule has 0 atom stereocenters. The van der Waals surface area contributed by atoms with Gasteiger partial charge in [0.1, 0.15) is 5.56 Å². The van der Waals surface area contributed by atoms with Gasteiger partial charge in [0.05, 0.1) is 0 Å². The summed E-state index contributed by atoms with van der Waals surface area (Å²) in [5.74, 6) is -0.669. The number of aromatic nitrogens is 1. The molecule has 1 heterocycles. The minimum absolute atomic E-state index is 0.0414. The molecule has 0 aliphatic rings. The maximum atomic E-state index is 12.0. The molecule has 3 N–H and O–H groups in total. The largest absolute Gasteiger partial charge is 0.328 e. The van der Waals surface area contributed by atoms with Gasteiger partial charge in [0.2, 0.25) is 5.91 Å². The molecule has 0 fully saturated rings. The summed E-state index contributed by atoms with van der Waals surface area (Å²) in [6, 6.07) is 9.72. The Kier molecular flexibility index (Phi) is 4.73. The Bertz CT molecular complexity index is 733. The van der Waals surface area contributed by atoms with E-state index in [0.29, 0.717) is 11.4 Å². The summed E-state index contributed by atoms with van der Waals surface area (Å²) in [6.07, 6.45) is 1.46. The second-order valence-electron chi connectivity index (χ2n) is 5.09. The number of carbonyl (C=O) groups excluding carboxylic acids is 2. The van der Waals surface area contributed by atoms with Gasteiger partial charge in [0.15, 0.2) is 0 Å². The number of hydrogen-bond donors (Lipinski definition) is 3. The molecule has 0 saturated carbocycles. The average molecular weight is 299 g/mol.